The van der Waals surface area contributed by atoms with E-state index in [0.717, 1.165) is 80.8 Å². The number of anilines is 1. The second-order valence-corrected chi connectivity index (χ2v) is 19.2. The molecule has 4 fully saturated rings. The molecule has 0 radical (unpaired) electrons. The van der Waals surface area contributed by atoms with Crippen LogP contribution in [-0.2, 0) is 28.0 Å². The minimum Gasteiger partial charge on any atom is -0.508 e. The molecule has 3 amide bonds. The SMILES string of the molecule is O=C1CC[C@H](N2Cc3c(ccc4c3OCC43CCN(CC4CCC5(CC4)CN(c4ccc([C@@H]6c7ccc(O)cc7CC[C@@H]6c6ccccc6)cc4F)C5)CC3)C2=O)C(=O)N1. The topological polar surface area (TPSA) is 102 Å². The monoisotopic (exact) mass is 808 g/mol. The number of carbonyl (C=O) groups is 3. The quantitative estimate of drug-likeness (QED) is 0.194. The molecular formula is C50H53FN4O5. The molecule has 310 valence electrons. The Morgan fingerprint density at radius 2 is 1.63 bits per heavy atom. The highest BCUT2D eigenvalue weighted by Gasteiger charge is 2.49. The highest BCUT2D eigenvalue weighted by molar-refractivity contribution is 6.05. The van der Waals surface area contributed by atoms with E-state index in [9.17, 15) is 19.5 Å². The zero-order valence-electron chi connectivity index (χ0n) is 34.1. The fraction of sp³-hybridized carbons (Fsp3) is 0.460. The average Bonchev–Trinajstić information content (AvgIpc) is 3.78. The van der Waals surface area contributed by atoms with E-state index in [-0.39, 0.29) is 52.5 Å². The van der Waals surface area contributed by atoms with E-state index in [0.29, 0.717) is 36.7 Å². The van der Waals surface area contributed by atoms with Crippen molar-refractivity contribution in [3.8, 4) is 11.5 Å². The molecule has 2 spiro atoms. The summed E-state index contributed by atoms with van der Waals surface area (Å²) in [4.78, 5) is 44.3. The number of rotatable bonds is 6. The third-order valence-electron chi connectivity index (χ3n) is 15.8. The molecule has 1 saturated carbocycles. The molecule has 0 unspecified atom stereocenters. The molecule has 5 heterocycles. The van der Waals surface area contributed by atoms with Gasteiger partial charge in [0, 0.05) is 59.5 Å². The van der Waals surface area contributed by atoms with Gasteiger partial charge in [0.25, 0.3) is 5.91 Å². The Labute approximate surface area is 350 Å². The number of aryl methyl sites for hydroxylation is 1. The second-order valence-electron chi connectivity index (χ2n) is 19.2. The number of phenols is 1. The molecule has 11 rings (SSSR count). The number of aromatic hydroxyl groups is 1. The van der Waals surface area contributed by atoms with Crippen molar-refractivity contribution in [2.24, 2.45) is 11.3 Å². The minimum absolute atomic E-state index is 0.0265. The van der Waals surface area contributed by atoms with Crippen LogP contribution in [0.3, 0.4) is 0 Å². The number of hydrogen-bond donors (Lipinski definition) is 2. The largest absolute Gasteiger partial charge is 0.508 e. The van der Waals surface area contributed by atoms with Crippen LogP contribution in [0.4, 0.5) is 10.1 Å². The Hall–Kier alpha value is -5.22. The van der Waals surface area contributed by atoms with Crippen LogP contribution in [0.15, 0.2) is 78.9 Å². The first kappa shape index (κ1) is 37.8. The Bertz CT molecular complexity index is 2380. The summed E-state index contributed by atoms with van der Waals surface area (Å²) in [6.07, 6.45) is 9.28. The Morgan fingerprint density at radius 1 is 0.833 bits per heavy atom. The van der Waals surface area contributed by atoms with E-state index in [1.165, 1.54) is 42.4 Å². The fourth-order valence-electron chi connectivity index (χ4n) is 12.4. The summed E-state index contributed by atoms with van der Waals surface area (Å²) in [5.74, 6) is 1.09. The summed E-state index contributed by atoms with van der Waals surface area (Å²) >= 11 is 0. The van der Waals surface area contributed by atoms with Gasteiger partial charge in [0.2, 0.25) is 11.8 Å². The van der Waals surface area contributed by atoms with Gasteiger partial charge in [0.1, 0.15) is 23.4 Å². The van der Waals surface area contributed by atoms with E-state index in [1.54, 1.807) is 17.0 Å². The number of nitrogens with one attached hydrogen (secondary N) is 1. The molecule has 4 aromatic rings. The van der Waals surface area contributed by atoms with Gasteiger partial charge in [-0.3, -0.25) is 19.7 Å². The van der Waals surface area contributed by atoms with Crippen molar-refractivity contribution in [3.63, 3.8) is 0 Å². The van der Waals surface area contributed by atoms with Gasteiger partial charge in [0.15, 0.2) is 0 Å². The number of nitrogens with zero attached hydrogens (tertiary/aromatic N) is 3. The number of likely N-dealkylation sites (tertiary alicyclic amines) is 1. The van der Waals surface area contributed by atoms with Gasteiger partial charge < -0.3 is 24.5 Å². The number of imide groups is 1. The molecule has 0 bridgehead atoms. The molecule has 0 aromatic heterocycles. The van der Waals surface area contributed by atoms with Crippen molar-refractivity contribution in [2.75, 3.05) is 44.2 Å². The van der Waals surface area contributed by atoms with Gasteiger partial charge in [-0.2, -0.15) is 0 Å². The first-order valence-electron chi connectivity index (χ1n) is 22.2. The zero-order valence-corrected chi connectivity index (χ0v) is 34.1. The number of benzene rings is 4. The lowest BCUT2D eigenvalue weighted by Crippen LogP contribution is -2.58. The number of halogens is 1. The van der Waals surface area contributed by atoms with Gasteiger partial charge in [-0.1, -0.05) is 48.5 Å². The number of amides is 3. The fourth-order valence-corrected chi connectivity index (χ4v) is 12.4. The minimum atomic E-state index is -0.631. The first-order valence-corrected chi connectivity index (χ1v) is 22.2. The van der Waals surface area contributed by atoms with Crippen LogP contribution in [0, 0.1) is 17.2 Å². The molecule has 3 saturated heterocycles. The summed E-state index contributed by atoms with van der Waals surface area (Å²) in [5.41, 5.74) is 8.25. The Kier molecular flexibility index (Phi) is 9.10. The number of fused-ring (bicyclic) bond motifs is 5. The number of piperidine rings is 2. The summed E-state index contributed by atoms with van der Waals surface area (Å²) in [6, 6.07) is 25.6. The standard InChI is InChI=1S/C50H53FN4O5/c51-41-25-34(45-36(32-4-2-1-3-5-32)9-6-33-24-35(56)8-10-37(33)45)7-13-42(41)54-28-49(29-54)18-16-31(17-19-49)26-53-22-20-50(21-23-53)30-60-46-39-27-55(43-14-15-44(57)52-47(43)58)48(59)38(39)11-12-40(46)50/h1-5,7-8,10-13,24-25,31,36,43,45,56H,6,9,14-23,26-30H2,(H,52,57,58)/t36-,43+,45+/m1/s1. The van der Waals surface area contributed by atoms with Crippen molar-refractivity contribution in [3.05, 3.63) is 124 Å². The highest BCUT2D eigenvalue weighted by Crippen LogP contribution is 2.52. The van der Waals surface area contributed by atoms with E-state index in [2.05, 4.69) is 51.5 Å². The van der Waals surface area contributed by atoms with Crippen LogP contribution < -0.4 is 15.0 Å². The molecule has 10 heteroatoms. The van der Waals surface area contributed by atoms with Crippen LogP contribution in [0.2, 0.25) is 0 Å². The normalized spacial score (nSPS) is 25.8. The van der Waals surface area contributed by atoms with Crippen LogP contribution in [0.5, 0.6) is 11.5 Å². The predicted molar refractivity (Wildman–Crippen MR) is 226 cm³/mol. The van der Waals surface area contributed by atoms with Gasteiger partial charge in [0.05, 0.1) is 18.8 Å². The van der Waals surface area contributed by atoms with Crippen molar-refractivity contribution < 1.29 is 28.6 Å². The molecule has 3 atom stereocenters. The molecule has 4 aromatic carbocycles. The summed E-state index contributed by atoms with van der Waals surface area (Å²) in [5, 5.41) is 12.6. The number of hydrogen-bond acceptors (Lipinski definition) is 7. The molecule has 7 aliphatic rings. The van der Waals surface area contributed by atoms with Crippen LogP contribution >= 0.6 is 0 Å². The third-order valence-corrected chi connectivity index (χ3v) is 15.8. The average molecular weight is 809 g/mol. The van der Waals surface area contributed by atoms with Gasteiger partial charge in [-0.25, -0.2) is 4.39 Å². The lowest BCUT2D eigenvalue weighted by molar-refractivity contribution is -0.136. The maximum atomic E-state index is 16.2. The second kappa shape index (κ2) is 14.5. The lowest BCUT2D eigenvalue weighted by Gasteiger charge is -2.55. The zero-order chi connectivity index (χ0) is 40.8. The van der Waals surface area contributed by atoms with E-state index in [1.807, 2.05) is 30.3 Å². The number of carbonyl (C=O) groups excluding carboxylic acids is 3. The van der Waals surface area contributed by atoms with E-state index >= 15 is 4.39 Å². The molecule has 9 nitrogen and oxygen atoms in total. The number of phenolic OH excluding ortho intramolecular Hbond substituents is 1. The maximum Gasteiger partial charge on any atom is 0.255 e. The first-order chi connectivity index (χ1) is 29.2. The van der Waals surface area contributed by atoms with Crippen molar-refractivity contribution in [1.29, 1.82) is 0 Å². The summed E-state index contributed by atoms with van der Waals surface area (Å²) < 4.78 is 22.6. The molecule has 60 heavy (non-hydrogen) atoms. The van der Waals surface area contributed by atoms with Crippen LogP contribution in [0.1, 0.15) is 113 Å². The van der Waals surface area contributed by atoms with Gasteiger partial charge in [-0.15, -0.1) is 0 Å². The van der Waals surface area contributed by atoms with E-state index < -0.39 is 11.9 Å². The van der Waals surface area contributed by atoms with Gasteiger partial charge in [-0.05, 0) is 135 Å². The summed E-state index contributed by atoms with van der Waals surface area (Å²) in [6.45, 7) is 5.96. The number of ether oxygens (including phenoxy) is 1. The Morgan fingerprint density at radius 3 is 2.40 bits per heavy atom. The third kappa shape index (κ3) is 6.31. The molecule has 2 aliphatic carbocycles. The van der Waals surface area contributed by atoms with Crippen molar-refractivity contribution in [1.82, 2.24) is 15.1 Å². The predicted octanol–water partition coefficient (Wildman–Crippen LogP) is 7.58. The Balaban J connectivity index is 0.695. The van der Waals surface area contributed by atoms with Gasteiger partial charge >= 0.3 is 0 Å². The van der Waals surface area contributed by atoms with E-state index in [4.69, 9.17) is 4.74 Å². The van der Waals surface area contributed by atoms with Crippen LogP contribution in [0.25, 0.3) is 0 Å². The van der Waals surface area contributed by atoms with Crippen molar-refractivity contribution >= 4 is 23.4 Å². The van der Waals surface area contributed by atoms with Crippen molar-refractivity contribution in [2.45, 2.75) is 94.0 Å². The van der Waals surface area contributed by atoms with Crippen LogP contribution in [-0.4, -0.2) is 78.0 Å². The summed E-state index contributed by atoms with van der Waals surface area (Å²) in [7, 11) is 0. The lowest BCUT2D eigenvalue weighted by atomic mass is 9.65. The maximum absolute atomic E-state index is 16.2. The molecule has 2 N–H and O–H groups in total. The molecule has 5 aliphatic heterocycles. The molecular weight excluding hydrogens is 756 g/mol. The highest BCUT2D eigenvalue weighted by atomic mass is 19.1. The smallest absolute Gasteiger partial charge is 0.255 e.